The Kier molecular flexibility index (Phi) is 6.09. The number of hydrogen-bond acceptors (Lipinski definition) is 5. The fourth-order valence-electron chi connectivity index (χ4n) is 4.21. The maximum Gasteiger partial charge on any atom is 0.412 e. The summed E-state index contributed by atoms with van der Waals surface area (Å²) in [5.41, 5.74) is 5.84. The summed E-state index contributed by atoms with van der Waals surface area (Å²) in [6.07, 6.45) is 3.59. The number of aromatic nitrogens is 2. The van der Waals surface area contributed by atoms with Gasteiger partial charge in [0, 0.05) is 29.3 Å². The molecule has 1 unspecified atom stereocenters. The summed E-state index contributed by atoms with van der Waals surface area (Å²) in [5, 5.41) is 26.5. The van der Waals surface area contributed by atoms with E-state index >= 15 is 0 Å². The van der Waals surface area contributed by atoms with Gasteiger partial charge in [-0.15, -0.1) is 0 Å². The van der Waals surface area contributed by atoms with Gasteiger partial charge >= 0.3 is 6.09 Å². The summed E-state index contributed by atoms with van der Waals surface area (Å²) in [6, 6.07) is 14.2. The number of para-hydroxylation sites is 1. The zero-order valence-corrected chi connectivity index (χ0v) is 18.2. The van der Waals surface area contributed by atoms with E-state index < -0.39 is 11.3 Å². The first kappa shape index (κ1) is 21.8. The summed E-state index contributed by atoms with van der Waals surface area (Å²) < 4.78 is 7.52. The molecule has 3 aromatic rings. The highest BCUT2D eigenvalue weighted by atomic mass is 16.8. The van der Waals surface area contributed by atoms with E-state index in [4.69, 9.17) is 15.0 Å². The summed E-state index contributed by atoms with van der Waals surface area (Å²) in [6.45, 7) is 6.13. The van der Waals surface area contributed by atoms with E-state index in [9.17, 15) is 10.0 Å². The van der Waals surface area contributed by atoms with E-state index in [1.165, 1.54) is 12.1 Å². The third-order valence-electron chi connectivity index (χ3n) is 5.72. The molecule has 3 N–H and O–H groups in total. The third-order valence-corrected chi connectivity index (χ3v) is 5.72. The number of quaternary nitrogens is 1. The van der Waals surface area contributed by atoms with E-state index in [-0.39, 0.29) is 17.7 Å². The van der Waals surface area contributed by atoms with Gasteiger partial charge in [-0.1, -0.05) is 30.3 Å². The number of aryl methyl sites for hydroxylation is 2. The Hall–Kier alpha value is -3.46. The molecule has 8 nitrogen and oxygen atoms in total. The quantitative estimate of drug-likeness (QED) is 0.418. The molecule has 0 aliphatic heterocycles. The molecular weight excluding hydrogens is 408 g/mol. The van der Waals surface area contributed by atoms with Gasteiger partial charge in [-0.3, -0.25) is 5.32 Å². The van der Waals surface area contributed by atoms with Crippen LogP contribution in [0.25, 0.3) is 5.69 Å². The first-order valence-electron chi connectivity index (χ1n) is 10.4. The normalized spacial score (nSPS) is 18.5. The van der Waals surface area contributed by atoms with Gasteiger partial charge in [0.15, 0.2) is 5.69 Å². The lowest BCUT2D eigenvalue weighted by molar-refractivity contribution is -0.991. The molecule has 8 heteroatoms. The van der Waals surface area contributed by atoms with Crippen LogP contribution in [0.3, 0.4) is 0 Å². The SMILES string of the molecule is Cc1ccccc1-n1nc(C)c([C@@H]2C=C[C@@H](OC(=O)Nc3cccc([NH+]([O-])O)c3)C2)c1C. The van der Waals surface area contributed by atoms with Crippen molar-refractivity contribution < 1.29 is 20.0 Å². The maximum absolute atomic E-state index is 12.3. The Morgan fingerprint density at radius 1 is 1.19 bits per heavy atom. The molecule has 1 amide bonds. The average molecular weight is 434 g/mol. The van der Waals surface area contributed by atoms with Crippen molar-refractivity contribution in [3.63, 3.8) is 0 Å². The number of rotatable bonds is 5. The Morgan fingerprint density at radius 3 is 2.72 bits per heavy atom. The van der Waals surface area contributed by atoms with Crippen molar-refractivity contribution in [1.82, 2.24) is 9.78 Å². The number of anilines is 1. The first-order valence-corrected chi connectivity index (χ1v) is 10.4. The van der Waals surface area contributed by atoms with E-state index in [0.717, 1.165) is 28.2 Å². The molecule has 1 heterocycles. The molecule has 0 radical (unpaired) electrons. The standard InChI is InChI=1S/C24H26N4O4/c1-15-7-4-5-10-22(15)27-17(3)23(16(2)26-27)18-11-12-21(13-18)32-24(29)25-19-8-6-9-20(14-19)28(30)31/h4-12,14,18,21,28,30H,13H2,1-3H3,(H,25,29)/t18-,21-/m1/s1. The monoisotopic (exact) mass is 434 g/mol. The minimum atomic E-state index is -1.06. The second kappa shape index (κ2) is 8.96. The summed E-state index contributed by atoms with van der Waals surface area (Å²) in [5.74, 6) is 0.0981. The number of nitrogens with one attached hydrogen (secondary N) is 2. The Balaban J connectivity index is 1.43. The molecule has 0 fully saturated rings. The Bertz CT molecular complexity index is 1170. The van der Waals surface area contributed by atoms with Gasteiger partial charge in [-0.25, -0.2) is 14.7 Å². The topological polar surface area (TPSA) is 104 Å². The van der Waals surface area contributed by atoms with Gasteiger partial charge < -0.3 is 9.94 Å². The predicted octanol–water partition coefficient (Wildman–Crippen LogP) is 3.86. The Morgan fingerprint density at radius 2 is 1.97 bits per heavy atom. The first-order chi connectivity index (χ1) is 15.3. The summed E-state index contributed by atoms with van der Waals surface area (Å²) >= 11 is 0. The van der Waals surface area contributed by atoms with E-state index in [2.05, 4.69) is 37.4 Å². The van der Waals surface area contributed by atoms with Crippen molar-refractivity contribution >= 4 is 17.5 Å². The van der Waals surface area contributed by atoms with Crippen molar-refractivity contribution in [2.45, 2.75) is 39.2 Å². The molecule has 1 aromatic heterocycles. The van der Waals surface area contributed by atoms with Crippen LogP contribution in [-0.2, 0) is 4.74 Å². The molecular formula is C24H26N4O4. The maximum atomic E-state index is 12.3. The highest BCUT2D eigenvalue weighted by molar-refractivity contribution is 5.85. The molecule has 1 aliphatic carbocycles. The molecule has 0 bridgehead atoms. The number of benzene rings is 2. The van der Waals surface area contributed by atoms with Gasteiger partial charge in [0.05, 0.1) is 17.1 Å². The zero-order chi connectivity index (χ0) is 22.8. The lowest BCUT2D eigenvalue weighted by Crippen LogP contribution is -2.99. The van der Waals surface area contributed by atoms with Crippen molar-refractivity contribution in [3.8, 4) is 5.69 Å². The van der Waals surface area contributed by atoms with Crippen LogP contribution in [0.1, 0.15) is 34.9 Å². The highest BCUT2D eigenvalue weighted by Crippen LogP contribution is 2.35. The van der Waals surface area contributed by atoms with Crippen LogP contribution in [0.2, 0.25) is 0 Å². The zero-order valence-electron chi connectivity index (χ0n) is 18.2. The lowest BCUT2D eigenvalue weighted by atomic mass is 9.96. The molecule has 1 aliphatic rings. The van der Waals surface area contributed by atoms with Gasteiger partial charge in [-0.05, 0) is 51.0 Å². The van der Waals surface area contributed by atoms with Gasteiger partial charge in [0.1, 0.15) is 6.10 Å². The number of nitrogens with zero attached hydrogens (tertiary/aromatic N) is 2. The molecule has 32 heavy (non-hydrogen) atoms. The number of carbonyl (C=O) groups is 1. The van der Waals surface area contributed by atoms with Crippen LogP contribution < -0.4 is 10.5 Å². The van der Waals surface area contributed by atoms with Crippen LogP contribution in [0.15, 0.2) is 60.7 Å². The van der Waals surface area contributed by atoms with Crippen LogP contribution in [-0.4, -0.2) is 27.2 Å². The van der Waals surface area contributed by atoms with Crippen molar-refractivity contribution in [2.24, 2.45) is 0 Å². The van der Waals surface area contributed by atoms with Crippen LogP contribution in [0.4, 0.5) is 16.2 Å². The summed E-state index contributed by atoms with van der Waals surface area (Å²) in [7, 11) is 0. The minimum Gasteiger partial charge on any atom is -0.595 e. The lowest BCUT2D eigenvalue weighted by Gasteiger charge is -2.16. The second-order valence-corrected chi connectivity index (χ2v) is 7.96. The highest BCUT2D eigenvalue weighted by Gasteiger charge is 2.28. The van der Waals surface area contributed by atoms with Gasteiger partial charge in [-0.2, -0.15) is 10.3 Å². The van der Waals surface area contributed by atoms with Gasteiger partial charge in [0.25, 0.3) is 0 Å². The molecule has 2 aromatic carbocycles. The van der Waals surface area contributed by atoms with Crippen molar-refractivity contribution in [1.29, 1.82) is 0 Å². The molecule has 4 rings (SSSR count). The van der Waals surface area contributed by atoms with Crippen molar-refractivity contribution in [3.05, 3.63) is 88.4 Å². The smallest absolute Gasteiger partial charge is 0.412 e. The van der Waals surface area contributed by atoms with Gasteiger partial charge in [0.2, 0.25) is 0 Å². The largest absolute Gasteiger partial charge is 0.595 e. The second-order valence-electron chi connectivity index (χ2n) is 7.96. The minimum absolute atomic E-state index is 0.0974. The summed E-state index contributed by atoms with van der Waals surface area (Å²) in [4.78, 5) is 12.3. The predicted molar refractivity (Wildman–Crippen MR) is 120 cm³/mol. The Labute approximate surface area is 186 Å². The molecule has 0 saturated carbocycles. The fourth-order valence-corrected chi connectivity index (χ4v) is 4.21. The number of amides is 1. The number of hydrogen-bond donors (Lipinski definition) is 3. The van der Waals surface area contributed by atoms with Crippen LogP contribution in [0.5, 0.6) is 0 Å². The number of allylic oxidation sites excluding steroid dienone is 1. The number of carbonyl (C=O) groups excluding carboxylic acids is 1. The number of ether oxygens (including phenoxy) is 1. The molecule has 0 spiro atoms. The molecule has 0 saturated heterocycles. The van der Waals surface area contributed by atoms with Crippen molar-refractivity contribution in [2.75, 3.05) is 5.32 Å². The third kappa shape index (κ3) is 4.43. The fraction of sp³-hybridized carbons (Fsp3) is 0.250. The van der Waals surface area contributed by atoms with E-state index in [0.29, 0.717) is 12.1 Å². The van der Waals surface area contributed by atoms with E-state index in [1.807, 2.05) is 29.8 Å². The molecule has 3 atom stereocenters. The van der Waals surface area contributed by atoms with Crippen LogP contribution >= 0.6 is 0 Å². The van der Waals surface area contributed by atoms with Crippen LogP contribution in [0, 0.1) is 26.0 Å². The van der Waals surface area contributed by atoms with E-state index in [1.54, 1.807) is 12.1 Å². The molecule has 166 valence electrons. The average Bonchev–Trinajstić information content (AvgIpc) is 3.31.